The number of hydrogen-bond donors (Lipinski definition) is 1. The lowest BCUT2D eigenvalue weighted by molar-refractivity contribution is 0.516. The van der Waals surface area contributed by atoms with Crippen LogP contribution in [-0.4, -0.2) is 17.6 Å². The maximum absolute atomic E-state index is 5.91. The monoisotopic (exact) mass is 274 g/mol. The molecule has 0 fully saturated rings. The third kappa shape index (κ3) is 4.66. The van der Waals surface area contributed by atoms with Gasteiger partial charge in [0.1, 0.15) is 0 Å². The Morgan fingerprint density at radius 2 is 1.89 bits per heavy atom. The summed E-state index contributed by atoms with van der Waals surface area (Å²) in [5.74, 6) is 0. The second-order valence-electron chi connectivity index (χ2n) is 4.61. The van der Waals surface area contributed by atoms with Crippen molar-refractivity contribution in [1.82, 2.24) is 10.3 Å². The first-order valence-corrected chi connectivity index (χ1v) is 7.03. The molecule has 0 spiro atoms. The van der Waals surface area contributed by atoms with Crippen LogP contribution in [0.2, 0.25) is 5.02 Å². The molecule has 100 valence electrons. The fourth-order valence-corrected chi connectivity index (χ4v) is 2.31. The zero-order valence-corrected chi connectivity index (χ0v) is 11.9. The van der Waals surface area contributed by atoms with E-state index < -0.39 is 0 Å². The van der Waals surface area contributed by atoms with Crippen molar-refractivity contribution >= 4 is 11.6 Å². The maximum Gasteiger partial charge on any atom is 0.0419 e. The zero-order valence-electron chi connectivity index (χ0n) is 11.1. The van der Waals surface area contributed by atoms with Gasteiger partial charge in [0, 0.05) is 29.4 Å². The van der Waals surface area contributed by atoms with Crippen molar-refractivity contribution in [2.24, 2.45) is 0 Å². The third-order valence-electron chi connectivity index (χ3n) is 3.07. The summed E-state index contributed by atoms with van der Waals surface area (Å²) >= 11 is 5.91. The molecule has 3 heteroatoms. The molecule has 1 atom stereocenters. The summed E-state index contributed by atoms with van der Waals surface area (Å²) in [4.78, 5) is 4.40. The van der Waals surface area contributed by atoms with Gasteiger partial charge in [-0.2, -0.15) is 0 Å². The first-order chi connectivity index (χ1) is 9.28. The maximum atomic E-state index is 5.91. The van der Waals surface area contributed by atoms with Gasteiger partial charge in [-0.05, 0) is 42.8 Å². The fourth-order valence-electron chi connectivity index (χ4n) is 2.18. The lowest BCUT2D eigenvalue weighted by atomic mass is 10.0. The molecule has 1 aromatic carbocycles. The van der Waals surface area contributed by atoms with Gasteiger partial charge in [0.15, 0.2) is 0 Å². The average molecular weight is 275 g/mol. The van der Waals surface area contributed by atoms with Crippen LogP contribution in [-0.2, 0) is 12.8 Å². The summed E-state index contributed by atoms with van der Waals surface area (Å²) in [6, 6.07) is 14.5. The van der Waals surface area contributed by atoms with E-state index in [1.54, 1.807) is 0 Å². The Morgan fingerprint density at radius 3 is 2.53 bits per heavy atom. The van der Waals surface area contributed by atoms with E-state index in [0.717, 1.165) is 30.1 Å². The van der Waals surface area contributed by atoms with Gasteiger partial charge in [-0.15, -0.1) is 0 Å². The van der Waals surface area contributed by atoms with E-state index in [2.05, 4.69) is 35.4 Å². The molecule has 19 heavy (non-hydrogen) atoms. The van der Waals surface area contributed by atoms with Gasteiger partial charge in [-0.25, -0.2) is 0 Å². The van der Waals surface area contributed by atoms with E-state index >= 15 is 0 Å². The number of aromatic nitrogens is 1. The quantitative estimate of drug-likeness (QED) is 0.872. The molecule has 0 aliphatic heterocycles. The number of halogens is 1. The number of benzene rings is 1. The van der Waals surface area contributed by atoms with Gasteiger partial charge in [-0.3, -0.25) is 4.98 Å². The van der Waals surface area contributed by atoms with E-state index in [1.165, 1.54) is 5.56 Å². The Balaban J connectivity index is 2.01. The molecule has 1 unspecified atom stereocenters. The number of nitrogens with zero attached hydrogens (tertiary/aromatic N) is 1. The Morgan fingerprint density at radius 1 is 1.11 bits per heavy atom. The van der Waals surface area contributed by atoms with Crippen molar-refractivity contribution in [3.63, 3.8) is 0 Å². The van der Waals surface area contributed by atoms with Gasteiger partial charge in [0.25, 0.3) is 0 Å². The van der Waals surface area contributed by atoms with Crippen LogP contribution in [0.5, 0.6) is 0 Å². The first kappa shape index (κ1) is 14.0. The van der Waals surface area contributed by atoms with Crippen LogP contribution in [0.3, 0.4) is 0 Å². The highest BCUT2D eigenvalue weighted by atomic mass is 35.5. The Labute approximate surface area is 119 Å². The van der Waals surface area contributed by atoms with Gasteiger partial charge >= 0.3 is 0 Å². The minimum atomic E-state index is 0.404. The minimum absolute atomic E-state index is 0.404. The molecule has 0 aliphatic rings. The van der Waals surface area contributed by atoms with Crippen LogP contribution < -0.4 is 5.32 Å². The molecule has 2 rings (SSSR count). The van der Waals surface area contributed by atoms with Gasteiger partial charge in [-0.1, -0.05) is 36.7 Å². The Kier molecular flexibility index (Phi) is 5.37. The first-order valence-electron chi connectivity index (χ1n) is 6.65. The summed E-state index contributed by atoms with van der Waals surface area (Å²) in [5.41, 5.74) is 2.42. The summed E-state index contributed by atoms with van der Waals surface area (Å²) in [6.07, 6.45) is 3.78. The van der Waals surface area contributed by atoms with Crippen molar-refractivity contribution < 1.29 is 0 Å². The minimum Gasteiger partial charge on any atom is -0.314 e. The van der Waals surface area contributed by atoms with Crippen LogP contribution in [0.1, 0.15) is 18.2 Å². The van der Waals surface area contributed by atoms with E-state index in [4.69, 9.17) is 11.6 Å². The predicted octanol–water partition coefficient (Wildman–Crippen LogP) is 3.50. The van der Waals surface area contributed by atoms with E-state index in [1.807, 2.05) is 30.5 Å². The SMILES string of the molecule is CCNC(Cc1ccc(Cl)cc1)Cc1ccccn1. The largest absolute Gasteiger partial charge is 0.314 e. The van der Waals surface area contributed by atoms with Crippen LogP contribution >= 0.6 is 11.6 Å². The molecule has 1 aromatic heterocycles. The lowest BCUT2D eigenvalue weighted by Crippen LogP contribution is -2.33. The molecule has 2 nitrogen and oxygen atoms in total. The molecular formula is C16H19ClN2. The molecule has 0 radical (unpaired) electrons. The van der Waals surface area contributed by atoms with Crippen molar-refractivity contribution in [2.45, 2.75) is 25.8 Å². The predicted molar refractivity (Wildman–Crippen MR) is 80.6 cm³/mol. The normalized spacial score (nSPS) is 12.3. The fraction of sp³-hybridized carbons (Fsp3) is 0.312. The van der Waals surface area contributed by atoms with E-state index in [-0.39, 0.29) is 0 Å². The molecule has 0 saturated carbocycles. The van der Waals surface area contributed by atoms with Crippen molar-refractivity contribution in [2.75, 3.05) is 6.54 Å². The second-order valence-corrected chi connectivity index (χ2v) is 5.05. The number of nitrogens with one attached hydrogen (secondary N) is 1. The molecule has 0 aliphatic carbocycles. The van der Waals surface area contributed by atoms with Gasteiger partial charge in [0.05, 0.1) is 0 Å². The number of likely N-dealkylation sites (N-methyl/N-ethyl adjacent to an activating group) is 1. The summed E-state index contributed by atoms with van der Waals surface area (Å²) in [6.45, 7) is 3.10. The summed E-state index contributed by atoms with van der Waals surface area (Å²) < 4.78 is 0. The van der Waals surface area contributed by atoms with Crippen LogP contribution in [0.4, 0.5) is 0 Å². The molecule has 0 bridgehead atoms. The van der Waals surface area contributed by atoms with Crippen molar-refractivity contribution in [1.29, 1.82) is 0 Å². The van der Waals surface area contributed by atoms with E-state index in [9.17, 15) is 0 Å². The molecule has 0 amide bonds. The molecule has 1 N–H and O–H groups in total. The average Bonchev–Trinajstić information content (AvgIpc) is 2.43. The highest BCUT2D eigenvalue weighted by molar-refractivity contribution is 6.30. The van der Waals surface area contributed by atoms with Gasteiger partial charge < -0.3 is 5.32 Å². The number of hydrogen-bond acceptors (Lipinski definition) is 2. The smallest absolute Gasteiger partial charge is 0.0419 e. The molecule has 0 saturated heterocycles. The highest BCUT2D eigenvalue weighted by Gasteiger charge is 2.10. The third-order valence-corrected chi connectivity index (χ3v) is 3.32. The van der Waals surface area contributed by atoms with Gasteiger partial charge in [0.2, 0.25) is 0 Å². The van der Waals surface area contributed by atoms with Crippen LogP contribution in [0.15, 0.2) is 48.7 Å². The van der Waals surface area contributed by atoms with Crippen LogP contribution in [0, 0.1) is 0 Å². The highest BCUT2D eigenvalue weighted by Crippen LogP contribution is 2.12. The Bertz CT molecular complexity index is 482. The lowest BCUT2D eigenvalue weighted by Gasteiger charge is -2.17. The van der Waals surface area contributed by atoms with E-state index in [0.29, 0.717) is 6.04 Å². The molecule has 2 aromatic rings. The standard InChI is InChI=1S/C16H19ClN2/c1-2-18-16(12-15-5-3-4-10-19-15)11-13-6-8-14(17)9-7-13/h3-10,16,18H,2,11-12H2,1H3. The van der Waals surface area contributed by atoms with Crippen LogP contribution in [0.25, 0.3) is 0 Å². The van der Waals surface area contributed by atoms with Crippen molar-refractivity contribution in [3.05, 3.63) is 64.9 Å². The second kappa shape index (κ2) is 7.27. The number of rotatable bonds is 6. The summed E-state index contributed by atoms with van der Waals surface area (Å²) in [7, 11) is 0. The summed E-state index contributed by atoms with van der Waals surface area (Å²) in [5, 5.41) is 4.31. The molecule has 1 heterocycles. The van der Waals surface area contributed by atoms with Crippen molar-refractivity contribution in [3.8, 4) is 0 Å². The molecular weight excluding hydrogens is 256 g/mol. The number of pyridine rings is 1. The Hall–Kier alpha value is -1.38. The zero-order chi connectivity index (χ0) is 13.5. The topological polar surface area (TPSA) is 24.9 Å².